The van der Waals surface area contributed by atoms with Crippen LogP contribution in [0.4, 0.5) is 26.2 Å². The van der Waals surface area contributed by atoms with Crippen molar-refractivity contribution in [1.82, 2.24) is 9.97 Å². The third-order valence-electron chi connectivity index (χ3n) is 3.39. The Morgan fingerprint density at radius 2 is 1.80 bits per heavy atom. The number of aromatic nitrogens is 2. The van der Waals surface area contributed by atoms with Crippen LogP contribution in [0.15, 0.2) is 67.3 Å². The number of halogens is 2. The number of rotatable bonds is 6. The first-order chi connectivity index (χ1) is 12.2. The highest BCUT2D eigenvalue weighted by atomic mass is 19.1. The van der Waals surface area contributed by atoms with Crippen LogP contribution in [0.3, 0.4) is 0 Å². The molecule has 0 aliphatic carbocycles. The molecule has 0 unspecified atom stereocenters. The molecule has 6 heteroatoms. The lowest BCUT2D eigenvalue weighted by atomic mass is 10.1. The number of benzene rings is 2. The normalized spacial score (nSPS) is 10.3. The molecule has 0 amide bonds. The second-order valence-electron chi connectivity index (χ2n) is 5.25. The number of hydrogen-bond donors (Lipinski definition) is 2. The van der Waals surface area contributed by atoms with Crippen LogP contribution in [0.25, 0.3) is 11.3 Å². The molecule has 0 bridgehead atoms. The average molecular weight is 338 g/mol. The fraction of sp³-hybridized carbons (Fsp3) is 0.0526. The van der Waals surface area contributed by atoms with Crippen LogP contribution >= 0.6 is 0 Å². The summed E-state index contributed by atoms with van der Waals surface area (Å²) in [6.07, 6.45) is 1.69. The number of anilines is 3. The molecule has 1 aromatic heterocycles. The van der Waals surface area contributed by atoms with Crippen molar-refractivity contribution >= 4 is 17.5 Å². The van der Waals surface area contributed by atoms with Crippen LogP contribution in [0.2, 0.25) is 0 Å². The Morgan fingerprint density at radius 3 is 2.52 bits per heavy atom. The van der Waals surface area contributed by atoms with Gasteiger partial charge in [0.15, 0.2) is 0 Å². The van der Waals surface area contributed by atoms with E-state index in [9.17, 15) is 8.78 Å². The van der Waals surface area contributed by atoms with E-state index in [0.717, 1.165) is 11.6 Å². The van der Waals surface area contributed by atoms with Gasteiger partial charge in [0.2, 0.25) is 5.95 Å². The van der Waals surface area contributed by atoms with Gasteiger partial charge in [0.05, 0.1) is 11.4 Å². The van der Waals surface area contributed by atoms with Crippen LogP contribution in [0, 0.1) is 11.6 Å². The number of nitrogens with one attached hydrogen (secondary N) is 2. The molecule has 0 atom stereocenters. The molecule has 0 spiro atoms. The third-order valence-corrected chi connectivity index (χ3v) is 3.39. The van der Waals surface area contributed by atoms with E-state index in [0.29, 0.717) is 24.0 Å². The van der Waals surface area contributed by atoms with Gasteiger partial charge < -0.3 is 10.6 Å². The molecule has 0 aliphatic heterocycles. The van der Waals surface area contributed by atoms with E-state index >= 15 is 0 Å². The first-order valence-electron chi connectivity index (χ1n) is 7.67. The van der Waals surface area contributed by atoms with Gasteiger partial charge in [-0.3, -0.25) is 0 Å². The molecule has 25 heavy (non-hydrogen) atoms. The second kappa shape index (κ2) is 7.53. The Morgan fingerprint density at radius 1 is 1.00 bits per heavy atom. The molecule has 126 valence electrons. The highest BCUT2D eigenvalue weighted by Crippen LogP contribution is 2.25. The summed E-state index contributed by atoms with van der Waals surface area (Å²) >= 11 is 0. The summed E-state index contributed by atoms with van der Waals surface area (Å²) in [7, 11) is 0. The van der Waals surface area contributed by atoms with Crippen molar-refractivity contribution in [1.29, 1.82) is 0 Å². The van der Waals surface area contributed by atoms with Crippen LogP contribution in [-0.2, 0) is 0 Å². The minimum atomic E-state index is -0.694. The molecule has 0 saturated carbocycles. The van der Waals surface area contributed by atoms with E-state index in [-0.39, 0.29) is 5.69 Å². The van der Waals surface area contributed by atoms with E-state index < -0.39 is 11.6 Å². The van der Waals surface area contributed by atoms with Gasteiger partial charge in [0, 0.05) is 24.2 Å². The minimum Gasteiger partial charge on any atom is -0.351 e. The largest absolute Gasteiger partial charge is 0.351 e. The Bertz CT molecular complexity index is 882. The Hall–Kier alpha value is -3.28. The summed E-state index contributed by atoms with van der Waals surface area (Å²) in [4.78, 5) is 8.77. The molecule has 0 fully saturated rings. The zero-order chi connectivity index (χ0) is 17.6. The van der Waals surface area contributed by atoms with Gasteiger partial charge in [-0.15, -0.1) is 6.58 Å². The van der Waals surface area contributed by atoms with Gasteiger partial charge in [-0.05, 0) is 12.1 Å². The van der Waals surface area contributed by atoms with E-state index in [4.69, 9.17) is 0 Å². The van der Waals surface area contributed by atoms with Crippen molar-refractivity contribution in [2.75, 3.05) is 17.2 Å². The fourth-order valence-corrected chi connectivity index (χ4v) is 2.24. The predicted octanol–water partition coefficient (Wildman–Crippen LogP) is 4.76. The minimum absolute atomic E-state index is 0.133. The maximum Gasteiger partial charge on any atom is 0.225 e. The van der Waals surface area contributed by atoms with Gasteiger partial charge in [0.25, 0.3) is 0 Å². The van der Waals surface area contributed by atoms with Crippen molar-refractivity contribution in [2.45, 2.75) is 0 Å². The lowest BCUT2D eigenvalue weighted by molar-refractivity contribution is 0.586. The lowest BCUT2D eigenvalue weighted by Gasteiger charge is -2.11. The first-order valence-corrected chi connectivity index (χ1v) is 7.67. The summed E-state index contributed by atoms with van der Waals surface area (Å²) < 4.78 is 27.0. The van der Waals surface area contributed by atoms with Gasteiger partial charge in [-0.25, -0.2) is 13.8 Å². The van der Waals surface area contributed by atoms with Gasteiger partial charge >= 0.3 is 0 Å². The summed E-state index contributed by atoms with van der Waals surface area (Å²) in [6, 6.07) is 14.6. The first kappa shape index (κ1) is 16.6. The topological polar surface area (TPSA) is 49.8 Å². The number of hydrogen-bond acceptors (Lipinski definition) is 4. The highest BCUT2D eigenvalue weighted by molar-refractivity contribution is 5.67. The molecule has 0 saturated heterocycles. The molecule has 2 N–H and O–H groups in total. The molecular weight excluding hydrogens is 322 g/mol. The summed E-state index contributed by atoms with van der Waals surface area (Å²) in [5, 5.41) is 5.89. The highest BCUT2D eigenvalue weighted by Gasteiger charge is 2.09. The van der Waals surface area contributed by atoms with E-state index in [1.807, 2.05) is 30.3 Å². The van der Waals surface area contributed by atoms with E-state index in [1.54, 1.807) is 12.1 Å². The molecule has 0 aliphatic rings. The van der Waals surface area contributed by atoms with Gasteiger partial charge in [0.1, 0.15) is 17.5 Å². The van der Waals surface area contributed by atoms with Crippen LogP contribution in [0.1, 0.15) is 0 Å². The molecule has 3 aromatic rings. The average Bonchev–Trinajstić information content (AvgIpc) is 2.63. The summed E-state index contributed by atoms with van der Waals surface area (Å²) in [5.74, 6) is -0.554. The Kier molecular flexibility index (Phi) is 4.99. The number of nitrogens with zero attached hydrogens (tertiary/aromatic N) is 2. The van der Waals surface area contributed by atoms with Crippen molar-refractivity contribution < 1.29 is 8.78 Å². The van der Waals surface area contributed by atoms with Crippen molar-refractivity contribution in [3.05, 3.63) is 78.9 Å². The SMILES string of the molecule is C=CCNc1nc(Nc2ccc(F)cc2F)cc(-c2ccccc2)n1. The molecule has 3 rings (SSSR count). The molecule has 2 aromatic carbocycles. The lowest BCUT2D eigenvalue weighted by Crippen LogP contribution is -2.06. The maximum atomic E-state index is 13.9. The zero-order valence-electron chi connectivity index (χ0n) is 13.3. The predicted molar refractivity (Wildman–Crippen MR) is 95.8 cm³/mol. The summed E-state index contributed by atoms with van der Waals surface area (Å²) in [6.45, 7) is 4.14. The molecule has 4 nitrogen and oxygen atoms in total. The molecule has 0 radical (unpaired) electrons. The van der Waals surface area contributed by atoms with Crippen molar-refractivity contribution in [3.63, 3.8) is 0 Å². The van der Waals surface area contributed by atoms with E-state index in [2.05, 4.69) is 27.2 Å². The maximum absolute atomic E-state index is 13.9. The Labute approximate surface area is 144 Å². The van der Waals surface area contributed by atoms with Crippen LogP contribution in [-0.4, -0.2) is 16.5 Å². The van der Waals surface area contributed by atoms with Crippen molar-refractivity contribution in [2.24, 2.45) is 0 Å². The smallest absolute Gasteiger partial charge is 0.225 e. The van der Waals surface area contributed by atoms with E-state index in [1.165, 1.54) is 12.1 Å². The van der Waals surface area contributed by atoms with Crippen molar-refractivity contribution in [3.8, 4) is 11.3 Å². The Balaban J connectivity index is 1.98. The second-order valence-corrected chi connectivity index (χ2v) is 5.25. The van der Waals surface area contributed by atoms with Gasteiger partial charge in [-0.1, -0.05) is 36.4 Å². The standard InChI is InChI=1S/C19H16F2N4/c1-2-10-22-19-24-17(13-6-4-3-5-7-13)12-18(25-19)23-16-9-8-14(20)11-15(16)21/h2-9,11-12H,1,10H2,(H2,22,23,24,25). The van der Waals surface area contributed by atoms with Crippen LogP contribution < -0.4 is 10.6 Å². The molecule has 1 heterocycles. The fourth-order valence-electron chi connectivity index (χ4n) is 2.24. The van der Waals surface area contributed by atoms with Gasteiger partial charge in [-0.2, -0.15) is 4.98 Å². The summed E-state index contributed by atoms with van der Waals surface area (Å²) in [5.41, 5.74) is 1.70. The molecular formula is C19H16F2N4. The third kappa shape index (κ3) is 4.17. The quantitative estimate of drug-likeness (QED) is 0.636. The van der Waals surface area contributed by atoms with Crippen LogP contribution in [0.5, 0.6) is 0 Å². The zero-order valence-corrected chi connectivity index (χ0v) is 13.3. The monoisotopic (exact) mass is 338 g/mol.